The van der Waals surface area contributed by atoms with E-state index in [2.05, 4.69) is 5.32 Å². The maximum Gasteiger partial charge on any atom is 0.265 e. The third kappa shape index (κ3) is 5.66. The van der Waals surface area contributed by atoms with Crippen molar-refractivity contribution in [1.29, 1.82) is 0 Å². The summed E-state index contributed by atoms with van der Waals surface area (Å²) in [4.78, 5) is 27.8. The Morgan fingerprint density at radius 3 is 2.34 bits per heavy atom. The number of para-hydroxylation sites is 2. The topological polar surface area (TPSA) is 105 Å². The summed E-state index contributed by atoms with van der Waals surface area (Å²) in [6.45, 7) is 1.15. The maximum absolute atomic E-state index is 13.2. The van der Waals surface area contributed by atoms with Gasteiger partial charge in [-0.3, -0.25) is 9.59 Å². The number of anilines is 1. The van der Waals surface area contributed by atoms with Crippen molar-refractivity contribution in [2.45, 2.75) is 30.4 Å². The fourth-order valence-corrected chi connectivity index (χ4v) is 6.03. The van der Waals surface area contributed by atoms with Crippen LogP contribution in [0.4, 0.5) is 5.69 Å². The van der Waals surface area contributed by atoms with Gasteiger partial charge in [0.1, 0.15) is 11.5 Å². The molecule has 1 saturated heterocycles. The average molecular weight is 536 g/mol. The molecule has 3 aromatic rings. The summed E-state index contributed by atoms with van der Waals surface area (Å²) >= 11 is 0. The first-order valence-electron chi connectivity index (χ1n) is 12.5. The van der Waals surface area contributed by atoms with Crippen LogP contribution in [0.15, 0.2) is 83.8 Å². The number of hydrogen-bond donors (Lipinski definition) is 1. The summed E-state index contributed by atoms with van der Waals surface area (Å²) in [5.41, 5.74) is 1.51. The second kappa shape index (κ2) is 11.2. The van der Waals surface area contributed by atoms with Crippen molar-refractivity contribution in [2.75, 3.05) is 31.1 Å². The molecule has 1 fully saturated rings. The number of carbonyl (C=O) groups is 2. The summed E-state index contributed by atoms with van der Waals surface area (Å²) in [5.74, 6) is 0.133. The Kier molecular flexibility index (Phi) is 7.62. The number of hydrogen-bond acceptors (Lipinski definition) is 6. The minimum absolute atomic E-state index is 0.0346. The predicted octanol–water partition coefficient (Wildman–Crippen LogP) is 2.96. The molecule has 0 aromatic heterocycles. The van der Waals surface area contributed by atoms with Gasteiger partial charge in [-0.05, 0) is 54.8 Å². The molecule has 2 amide bonds. The molecule has 2 aliphatic rings. The minimum Gasteiger partial charge on any atom is -0.484 e. The summed E-state index contributed by atoms with van der Waals surface area (Å²) in [7, 11) is -3.52. The van der Waals surface area contributed by atoms with Gasteiger partial charge in [-0.25, -0.2) is 8.42 Å². The van der Waals surface area contributed by atoms with E-state index in [0.717, 1.165) is 18.4 Å². The van der Waals surface area contributed by atoms with Crippen LogP contribution in [0.2, 0.25) is 0 Å². The molecule has 198 valence electrons. The molecule has 2 aliphatic heterocycles. The van der Waals surface area contributed by atoms with Crippen LogP contribution in [0.5, 0.6) is 11.5 Å². The Labute approximate surface area is 222 Å². The van der Waals surface area contributed by atoms with Crippen molar-refractivity contribution >= 4 is 27.5 Å². The maximum atomic E-state index is 13.2. The molecular weight excluding hydrogens is 506 g/mol. The van der Waals surface area contributed by atoms with E-state index in [-0.39, 0.29) is 29.9 Å². The highest BCUT2D eigenvalue weighted by Crippen LogP contribution is 2.33. The molecule has 0 aliphatic carbocycles. The lowest BCUT2D eigenvalue weighted by Crippen LogP contribution is -2.51. The Balaban J connectivity index is 1.23. The van der Waals surface area contributed by atoms with Gasteiger partial charge in [0.2, 0.25) is 10.0 Å². The molecule has 38 heavy (non-hydrogen) atoms. The number of carbonyl (C=O) groups excluding carboxylic acids is 2. The molecule has 5 rings (SSSR count). The Bertz CT molecular complexity index is 1390. The van der Waals surface area contributed by atoms with Gasteiger partial charge in [0.05, 0.1) is 17.1 Å². The normalized spacial score (nSPS) is 17.4. The van der Waals surface area contributed by atoms with Gasteiger partial charge in [-0.15, -0.1) is 0 Å². The lowest BCUT2D eigenvalue weighted by molar-refractivity contribution is -0.128. The predicted molar refractivity (Wildman–Crippen MR) is 141 cm³/mol. The first kappa shape index (κ1) is 25.7. The quantitative estimate of drug-likeness (QED) is 0.476. The van der Waals surface area contributed by atoms with Crippen LogP contribution < -0.4 is 19.7 Å². The molecule has 1 atom stereocenters. The van der Waals surface area contributed by atoms with E-state index in [4.69, 9.17) is 9.47 Å². The van der Waals surface area contributed by atoms with Crippen molar-refractivity contribution in [3.05, 3.63) is 84.4 Å². The van der Waals surface area contributed by atoms with E-state index >= 15 is 0 Å². The number of nitrogens with zero attached hydrogens (tertiary/aromatic N) is 2. The molecule has 10 heteroatoms. The van der Waals surface area contributed by atoms with Gasteiger partial charge in [-0.2, -0.15) is 4.31 Å². The van der Waals surface area contributed by atoms with Crippen LogP contribution in [0.3, 0.4) is 0 Å². The lowest BCUT2D eigenvalue weighted by Gasteiger charge is -2.34. The van der Waals surface area contributed by atoms with Crippen LogP contribution in [-0.4, -0.2) is 56.9 Å². The van der Waals surface area contributed by atoms with E-state index in [9.17, 15) is 18.0 Å². The zero-order chi connectivity index (χ0) is 26.5. The van der Waals surface area contributed by atoms with Gasteiger partial charge in [0, 0.05) is 19.6 Å². The Morgan fingerprint density at radius 1 is 0.921 bits per heavy atom. The fraction of sp³-hybridized carbons (Fsp3) is 0.286. The smallest absolute Gasteiger partial charge is 0.265 e. The molecule has 0 radical (unpaired) electrons. The summed E-state index contributed by atoms with van der Waals surface area (Å²) in [6.07, 6.45) is 0.846. The number of benzene rings is 3. The number of amides is 2. The number of sulfonamides is 1. The van der Waals surface area contributed by atoms with E-state index < -0.39 is 16.1 Å². The van der Waals surface area contributed by atoms with Crippen molar-refractivity contribution in [2.24, 2.45) is 0 Å². The largest absolute Gasteiger partial charge is 0.484 e. The second-order valence-electron chi connectivity index (χ2n) is 9.15. The van der Waals surface area contributed by atoms with Crippen LogP contribution in [0.25, 0.3) is 0 Å². The highest BCUT2D eigenvalue weighted by molar-refractivity contribution is 7.89. The van der Waals surface area contributed by atoms with Gasteiger partial charge >= 0.3 is 0 Å². The summed E-state index contributed by atoms with van der Waals surface area (Å²) < 4.78 is 38.5. The van der Waals surface area contributed by atoms with Crippen LogP contribution >= 0.6 is 0 Å². The van der Waals surface area contributed by atoms with Crippen molar-refractivity contribution in [1.82, 2.24) is 9.62 Å². The first-order chi connectivity index (χ1) is 18.4. The molecule has 0 unspecified atom stereocenters. The monoisotopic (exact) mass is 535 g/mol. The van der Waals surface area contributed by atoms with Crippen LogP contribution in [0, 0.1) is 0 Å². The Morgan fingerprint density at radius 2 is 1.61 bits per heavy atom. The first-order valence-corrected chi connectivity index (χ1v) is 14.0. The third-order valence-corrected chi connectivity index (χ3v) is 8.48. The van der Waals surface area contributed by atoms with Crippen molar-refractivity contribution < 1.29 is 27.5 Å². The molecule has 0 saturated carbocycles. The van der Waals surface area contributed by atoms with Crippen LogP contribution in [0.1, 0.15) is 18.4 Å². The summed E-state index contributed by atoms with van der Waals surface area (Å²) in [6, 6.07) is 22.6. The van der Waals surface area contributed by atoms with Crippen molar-refractivity contribution in [3.8, 4) is 11.5 Å². The van der Waals surface area contributed by atoms with E-state index in [1.54, 1.807) is 36.4 Å². The number of rotatable bonds is 8. The zero-order valence-electron chi connectivity index (χ0n) is 20.8. The van der Waals surface area contributed by atoms with Crippen LogP contribution in [-0.2, 0) is 26.2 Å². The summed E-state index contributed by atoms with van der Waals surface area (Å²) in [5, 5.41) is 2.87. The zero-order valence-corrected chi connectivity index (χ0v) is 21.6. The van der Waals surface area contributed by atoms with Gasteiger partial charge in [-0.1, -0.05) is 42.5 Å². The minimum atomic E-state index is -3.52. The molecule has 1 N–H and O–H groups in total. The van der Waals surface area contributed by atoms with E-state index in [0.29, 0.717) is 36.8 Å². The second-order valence-corrected chi connectivity index (χ2v) is 11.1. The highest BCUT2D eigenvalue weighted by Gasteiger charge is 2.34. The standard InChI is InChI=1S/C28H29N3O6S/c32-27(20-36-22-12-14-23(15-13-22)38(34,35)30-16-6-7-17-30)31-19-26(37-25-11-5-4-10-24(25)31)28(33)29-18-21-8-2-1-3-9-21/h1-5,8-15,26H,6-7,16-20H2,(H,29,33)/t26-/m0/s1. The molecule has 0 spiro atoms. The molecule has 2 heterocycles. The van der Waals surface area contributed by atoms with E-state index in [1.165, 1.54) is 21.3 Å². The molecule has 0 bridgehead atoms. The fourth-order valence-electron chi connectivity index (χ4n) is 4.51. The van der Waals surface area contributed by atoms with Gasteiger partial charge < -0.3 is 19.7 Å². The number of nitrogens with one attached hydrogen (secondary N) is 1. The SMILES string of the molecule is O=C(NCc1ccccc1)[C@@H]1CN(C(=O)COc2ccc(S(=O)(=O)N3CCCC3)cc2)c2ccccc2O1. The van der Waals surface area contributed by atoms with Crippen molar-refractivity contribution in [3.63, 3.8) is 0 Å². The van der Waals surface area contributed by atoms with Gasteiger partial charge in [0.15, 0.2) is 12.7 Å². The highest BCUT2D eigenvalue weighted by atomic mass is 32.2. The van der Waals surface area contributed by atoms with E-state index in [1.807, 2.05) is 30.3 Å². The molecule has 3 aromatic carbocycles. The molecule has 9 nitrogen and oxygen atoms in total. The number of fused-ring (bicyclic) bond motifs is 1. The van der Waals surface area contributed by atoms with Gasteiger partial charge in [0.25, 0.3) is 11.8 Å². The average Bonchev–Trinajstić information content (AvgIpc) is 3.51. The number of ether oxygens (including phenoxy) is 2. The molecular formula is C28H29N3O6S. The lowest BCUT2D eigenvalue weighted by atomic mass is 10.1. The third-order valence-electron chi connectivity index (χ3n) is 6.57. The Hall–Kier alpha value is -3.89.